The monoisotopic (exact) mass is 403 g/mol. The molecule has 7 heteroatoms. The first-order valence-electron chi connectivity index (χ1n) is 8.73. The lowest BCUT2D eigenvalue weighted by Crippen LogP contribution is -2.30. The van der Waals surface area contributed by atoms with Gasteiger partial charge in [-0.3, -0.25) is 9.69 Å². The minimum atomic E-state index is -0.514. The van der Waals surface area contributed by atoms with Crippen molar-refractivity contribution >= 4 is 29.6 Å². The summed E-state index contributed by atoms with van der Waals surface area (Å²) in [5, 5.41) is 11.9. The van der Waals surface area contributed by atoms with Crippen molar-refractivity contribution in [1.82, 2.24) is 10.2 Å². The highest BCUT2D eigenvalue weighted by molar-refractivity contribution is 6.31. The molecule has 29 heavy (non-hydrogen) atoms. The molecule has 2 heterocycles. The van der Waals surface area contributed by atoms with Gasteiger partial charge < -0.3 is 9.73 Å². The zero-order valence-electron chi connectivity index (χ0n) is 15.1. The summed E-state index contributed by atoms with van der Waals surface area (Å²) >= 11 is 6.13. The molecule has 0 spiro atoms. The van der Waals surface area contributed by atoms with Crippen molar-refractivity contribution in [2.45, 2.75) is 6.54 Å². The predicted molar refractivity (Wildman–Crippen MR) is 107 cm³/mol. The van der Waals surface area contributed by atoms with Crippen LogP contribution >= 0.6 is 11.6 Å². The lowest BCUT2D eigenvalue weighted by molar-refractivity contribution is -0.123. The molecule has 4 rings (SSSR count). The zero-order valence-corrected chi connectivity index (χ0v) is 15.8. The highest BCUT2D eigenvalue weighted by Gasteiger charge is 2.34. The molecule has 0 radical (unpaired) electrons. The van der Waals surface area contributed by atoms with Gasteiger partial charge in [0.1, 0.15) is 17.2 Å². The van der Waals surface area contributed by atoms with E-state index in [1.165, 1.54) is 6.08 Å². The Labute approximate surface area is 171 Å². The van der Waals surface area contributed by atoms with Gasteiger partial charge in [0, 0.05) is 16.7 Å². The number of furan rings is 1. The normalized spacial score (nSPS) is 14.9. The van der Waals surface area contributed by atoms with E-state index in [0.29, 0.717) is 27.7 Å². The van der Waals surface area contributed by atoms with Crippen molar-refractivity contribution in [2.75, 3.05) is 0 Å². The fourth-order valence-corrected chi connectivity index (χ4v) is 3.14. The van der Waals surface area contributed by atoms with Gasteiger partial charge in [0.15, 0.2) is 0 Å². The molecule has 6 nitrogen and oxygen atoms in total. The van der Waals surface area contributed by atoms with Gasteiger partial charge in [0.25, 0.3) is 5.91 Å². The number of nitrogens with zero attached hydrogens (tertiary/aromatic N) is 2. The maximum atomic E-state index is 12.6. The van der Waals surface area contributed by atoms with Crippen molar-refractivity contribution in [2.24, 2.45) is 0 Å². The molecule has 0 saturated carbocycles. The molecule has 0 aliphatic carbocycles. The first kappa shape index (κ1) is 18.5. The third-order valence-electron chi connectivity index (χ3n) is 4.46. The smallest absolute Gasteiger partial charge is 0.329 e. The molecule has 1 aliphatic heterocycles. The summed E-state index contributed by atoms with van der Waals surface area (Å²) < 4.78 is 5.76. The van der Waals surface area contributed by atoms with Crippen molar-refractivity contribution in [1.29, 1.82) is 5.26 Å². The Morgan fingerprint density at radius 3 is 2.55 bits per heavy atom. The summed E-state index contributed by atoms with van der Waals surface area (Å²) in [5.41, 5.74) is 2.17. The Kier molecular flexibility index (Phi) is 4.90. The number of imide groups is 1. The quantitative estimate of drug-likeness (QED) is 0.511. The second-order valence-electron chi connectivity index (χ2n) is 6.36. The van der Waals surface area contributed by atoms with Gasteiger partial charge in [-0.05, 0) is 48.0 Å². The summed E-state index contributed by atoms with van der Waals surface area (Å²) in [6, 6.07) is 19.0. The molecule has 1 N–H and O–H groups in total. The van der Waals surface area contributed by atoms with Crippen LogP contribution in [0.3, 0.4) is 0 Å². The molecular weight excluding hydrogens is 390 g/mol. The Bertz CT molecular complexity index is 1170. The van der Waals surface area contributed by atoms with E-state index >= 15 is 0 Å². The Balaban J connectivity index is 1.54. The van der Waals surface area contributed by atoms with E-state index in [9.17, 15) is 9.59 Å². The number of halogens is 1. The van der Waals surface area contributed by atoms with Crippen molar-refractivity contribution in [3.8, 4) is 17.4 Å². The number of rotatable bonds is 4. The summed E-state index contributed by atoms with van der Waals surface area (Å²) in [5.74, 6) is 0.560. The van der Waals surface area contributed by atoms with Crippen LogP contribution in [0.4, 0.5) is 4.79 Å². The van der Waals surface area contributed by atoms with Crippen molar-refractivity contribution in [3.05, 3.63) is 88.3 Å². The lowest BCUT2D eigenvalue weighted by atomic mass is 10.1. The number of carbonyl (C=O) groups is 2. The van der Waals surface area contributed by atoms with Gasteiger partial charge in [-0.1, -0.05) is 29.8 Å². The third kappa shape index (κ3) is 3.77. The van der Waals surface area contributed by atoms with Gasteiger partial charge in [-0.2, -0.15) is 5.26 Å². The molecule has 2 aromatic carbocycles. The number of hydrogen-bond donors (Lipinski definition) is 1. The molecular formula is C22H14ClN3O3. The van der Waals surface area contributed by atoms with E-state index in [1.54, 1.807) is 60.7 Å². The highest BCUT2D eigenvalue weighted by Crippen LogP contribution is 2.25. The van der Waals surface area contributed by atoms with Crippen LogP contribution in [-0.2, 0) is 11.3 Å². The molecule has 142 valence electrons. The fourth-order valence-electron chi connectivity index (χ4n) is 2.95. The second kappa shape index (κ2) is 7.66. The molecule has 3 aromatic rings. The minimum Gasteiger partial charge on any atom is -0.457 e. The number of nitrogens with one attached hydrogen (secondary N) is 1. The highest BCUT2D eigenvalue weighted by atomic mass is 35.5. The molecule has 0 atom stereocenters. The molecule has 1 saturated heterocycles. The van der Waals surface area contributed by atoms with Crippen LogP contribution in [0.25, 0.3) is 17.4 Å². The van der Waals surface area contributed by atoms with Crippen LogP contribution in [0.15, 0.2) is 70.8 Å². The van der Waals surface area contributed by atoms with Gasteiger partial charge in [-0.25, -0.2) is 4.79 Å². The molecule has 0 unspecified atom stereocenters. The third-order valence-corrected chi connectivity index (χ3v) is 4.83. The summed E-state index contributed by atoms with van der Waals surface area (Å²) in [6.07, 6.45) is 1.49. The summed E-state index contributed by atoms with van der Waals surface area (Å²) in [6.45, 7) is 0.0797. The molecule has 1 fully saturated rings. The Morgan fingerprint density at radius 1 is 1.07 bits per heavy atom. The lowest BCUT2D eigenvalue weighted by Gasteiger charge is -2.12. The Morgan fingerprint density at radius 2 is 1.83 bits per heavy atom. The van der Waals surface area contributed by atoms with Crippen molar-refractivity contribution < 1.29 is 14.0 Å². The summed E-state index contributed by atoms with van der Waals surface area (Å²) in [4.78, 5) is 26.0. The number of nitriles is 1. The average molecular weight is 404 g/mol. The standard InChI is InChI=1S/C22H14ClN3O3/c23-18-4-2-1-3-16(18)13-26-21(27)19(25-22(26)28)11-17-9-10-20(29-17)15-7-5-14(12-24)6-8-15/h1-11H,13H2,(H,25,28)/b19-11+. The van der Waals surface area contributed by atoms with Gasteiger partial charge >= 0.3 is 6.03 Å². The topological polar surface area (TPSA) is 86.3 Å². The number of amides is 3. The van der Waals surface area contributed by atoms with E-state index in [4.69, 9.17) is 21.3 Å². The average Bonchev–Trinajstić information content (AvgIpc) is 3.30. The molecule has 3 amide bonds. The van der Waals surface area contributed by atoms with Crippen LogP contribution in [0.2, 0.25) is 5.02 Å². The van der Waals surface area contributed by atoms with Crippen LogP contribution < -0.4 is 5.32 Å². The maximum absolute atomic E-state index is 12.6. The number of carbonyl (C=O) groups excluding carboxylic acids is 2. The first-order chi connectivity index (χ1) is 14.0. The van der Waals surface area contributed by atoms with Crippen LogP contribution in [0.5, 0.6) is 0 Å². The van der Waals surface area contributed by atoms with E-state index in [0.717, 1.165) is 10.5 Å². The molecule has 1 aromatic heterocycles. The molecule has 0 bridgehead atoms. The SMILES string of the molecule is N#Cc1ccc(-c2ccc(/C=C3/NC(=O)N(Cc4ccccc4Cl)C3=O)o2)cc1. The van der Waals surface area contributed by atoms with Crippen LogP contribution in [-0.4, -0.2) is 16.8 Å². The molecule has 1 aliphatic rings. The van der Waals surface area contributed by atoms with E-state index in [1.807, 2.05) is 0 Å². The number of benzene rings is 2. The summed E-state index contributed by atoms with van der Waals surface area (Å²) in [7, 11) is 0. The maximum Gasteiger partial charge on any atom is 0.329 e. The van der Waals surface area contributed by atoms with Gasteiger partial charge in [-0.15, -0.1) is 0 Å². The predicted octanol–water partition coefficient (Wildman–Crippen LogP) is 4.56. The first-order valence-corrected chi connectivity index (χ1v) is 9.11. The van der Waals surface area contributed by atoms with Gasteiger partial charge in [0.05, 0.1) is 18.2 Å². The number of hydrogen-bond acceptors (Lipinski definition) is 4. The van der Waals surface area contributed by atoms with Crippen LogP contribution in [0, 0.1) is 11.3 Å². The van der Waals surface area contributed by atoms with E-state index in [2.05, 4.69) is 11.4 Å². The largest absolute Gasteiger partial charge is 0.457 e. The van der Waals surface area contributed by atoms with Gasteiger partial charge in [0.2, 0.25) is 0 Å². The Hall–Kier alpha value is -3.82. The van der Waals surface area contributed by atoms with Crippen molar-refractivity contribution in [3.63, 3.8) is 0 Å². The fraction of sp³-hybridized carbons (Fsp3) is 0.0455. The van der Waals surface area contributed by atoms with Crippen LogP contribution in [0.1, 0.15) is 16.9 Å². The minimum absolute atomic E-state index is 0.0797. The van der Waals surface area contributed by atoms with E-state index < -0.39 is 11.9 Å². The number of urea groups is 1. The second-order valence-corrected chi connectivity index (χ2v) is 6.77. The van der Waals surface area contributed by atoms with E-state index in [-0.39, 0.29) is 12.2 Å². The zero-order chi connectivity index (χ0) is 20.4.